The van der Waals surface area contributed by atoms with Gasteiger partial charge in [0.05, 0.1) is 6.42 Å². The van der Waals surface area contributed by atoms with Crippen LogP contribution in [0, 0.1) is 5.41 Å². The van der Waals surface area contributed by atoms with Gasteiger partial charge in [-0.05, 0) is 54.1 Å². The number of carbonyl (C=O) groups excluding carboxylic acids is 1. The number of carboxylic acid groups (broad SMARTS) is 1. The molecule has 0 spiro atoms. The average Bonchev–Trinajstić information content (AvgIpc) is 2.74. The highest BCUT2D eigenvalue weighted by Gasteiger charge is 2.39. The lowest BCUT2D eigenvalue weighted by molar-refractivity contribution is -0.141. The summed E-state index contributed by atoms with van der Waals surface area (Å²) in [5, 5.41) is 11.9. The lowest BCUT2D eigenvalue weighted by atomic mass is 9.66. The van der Waals surface area contributed by atoms with E-state index in [1.165, 1.54) is 0 Å². The van der Waals surface area contributed by atoms with Crippen LogP contribution in [0.5, 0.6) is 0 Å². The van der Waals surface area contributed by atoms with Gasteiger partial charge in [0.1, 0.15) is 5.69 Å². The molecule has 1 aromatic rings. The van der Waals surface area contributed by atoms with Gasteiger partial charge in [0.2, 0.25) is 0 Å². The first-order valence-electron chi connectivity index (χ1n) is 7.20. The Kier molecular flexibility index (Phi) is 4.76. The largest absolute Gasteiger partial charge is 0.481 e. The number of halogens is 1. The van der Waals surface area contributed by atoms with E-state index in [2.05, 4.69) is 21.2 Å². The molecule has 6 heteroatoms. The summed E-state index contributed by atoms with van der Waals surface area (Å²) in [5.41, 5.74) is 0.343. The lowest BCUT2D eigenvalue weighted by Gasteiger charge is -2.40. The first-order valence-corrected chi connectivity index (χ1v) is 8.00. The van der Waals surface area contributed by atoms with E-state index in [-0.39, 0.29) is 23.8 Å². The highest BCUT2D eigenvalue weighted by Crippen LogP contribution is 2.43. The third kappa shape index (κ3) is 3.67. The maximum atomic E-state index is 12.4. The average molecular weight is 357 g/mol. The van der Waals surface area contributed by atoms with Crippen LogP contribution in [0.2, 0.25) is 0 Å². The van der Waals surface area contributed by atoms with Crippen molar-refractivity contribution in [3.8, 4) is 0 Å². The fourth-order valence-electron chi connectivity index (χ4n) is 2.83. The molecule has 1 heterocycles. The summed E-state index contributed by atoms with van der Waals surface area (Å²) in [7, 11) is 0. The highest BCUT2D eigenvalue weighted by molar-refractivity contribution is 9.10. The SMILES string of the molecule is CC(C)n1cc(Br)cc1C(=O)NCC1(CC(=O)O)CCC1. The summed E-state index contributed by atoms with van der Waals surface area (Å²) < 4.78 is 2.77. The van der Waals surface area contributed by atoms with Gasteiger partial charge < -0.3 is 15.0 Å². The van der Waals surface area contributed by atoms with Crippen molar-refractivity contribution in [2.75, 3.05) is 6.54 Å². The fourth-order valence-corrected chi connectivity index (χ4v) is 3.26. The molecule has 1 aliphatic carbocycles. The Morgan fingerprint density at radius 3 is 2.62 bits per heavy atom. The van der Waals surface area contributed by atoms with E-state index >= 15 is 0 Å². The second kappa shape index (κ2) is 6.22. The number of nitrogens with zero attached hydrogens (tertiary/aromatic N) is 1. The van der Waals surface area contributed by atoms with Crippen molar-refractivity contribution in [3.05, 3.63) is 22.4 Å². The number of amides is 1. The molecule has 1 fully saturated rings. The Hall–Kier alpha value is -1.30. The summed E-state index contributed by atoms with van der Waals surface area (Å²) in [4.78, 5) is 23.3. The van der Waals surface area contributed by atoms with E-state index in [1.807, 2.05) is 24.6 Å². The molecule has 1 aliphatic rings. The van der Waals surface area contributed by atoms with Crippen molar-refractivity contribution in [3.63, 3.8) is 0 Å². The number of carbonyl (C=O) groups is 2. The van der Waals surface area contributed by atoms with E-state index in [1.54, 1.807) is 6.07 Å². The Labute approximate surface area is 132 Å². The van der Waals surface area contributed by atoms with E-state index in [4.69, 9.17) is 5.11 Å². The molecule has 1 amide bonds. The summed E-state index contributed by atoms with van der Waals surface area (Å²) >= 11 is 3.39. The second-order valence-electron chi connectivity index (χ2n) is 6.15. The minimum Gasteiger partial charge on any atom is -0.481 e. The van der Waals surface area contributed by atoms with Crippen LogP contribution in [0.1, 0.15) is 56.1 Å². The number of rotatable bonds is 6. The van der Waals surface area contributed by atoms with Gasteiger partial charge in [-0.3, -0.25) is 9.59 Å². The number of aromatic nitrogens is 1. The van der Waals surface area contributed by atoms with Crippen molar-refractivity contribution in [2.24, 2.45) is 5.41 Å². The molecule has 0 radical (unpaired) electrons. The van der Waals surface area contributed by atoms with Crippen LogP contribution in [0.3, 0.4) is 0 Å². The monoisotopic (exact) mass is 356 g/mol. The van der Waals surface area contributed by atoms with Crippen LogP contribution in [0.25, 0.3) is 0 Å². The minimum absolute atomic E-state index is 0.127. The molecule has 21 heavy (non-hydrogen) atoms. The van der Waals surface area contributed by atoms with Crippen LogP contribution < -0.4 is 5.32 Å². The number of hydrogen-bond acceptors (Lipinski definition) is 2. The van der Waals surface area contributed by atoms with Gasteiger partial charge in [-0.15, -0.1) is 0 Å². The highest BCUT2D eigenvalue weighted by atomic mass is 79.9. The number of hydrogen-bond donors (Lipinski definition) is 2. The van der Waals surface area contributed by atoms with Crippen molar-refractivity contribution >= 4 is 27.8 Å². The maximum absolute atomic E-state index is 12.4. The van der Waals surface area contributed by atoms with Gasteiger partial charge >= 0.3 is 5.97 Å². The Balaban J connectivity index is 2.03. The van der Waals surface area contributed by atoms with Crippen LogP contribution in [-0.4, -0.2) is 28.1 Å². The molecular formula is C15H21BrN2O3. The molecule has 0 aromatic carbocycles. The van der Waals surface area contributed by atoms with Gasteiger partial charge in [0.15, 0.2) is 0 Å². The van der Waals surface area contributed by atoms with Gasteiger partial charge in [-0.25, -0.2) is 0 Å². The molecule has 5 nitrogen and oxygen atoms in total. The third-order valence-electron chi connectivity index (χ3n) is 4.17. The zero-order valence-electron chi connectivity index (χ0n) is 12.4. The zero-order valence-corrected chi connectivity index (χ0v) is 13.9. The van der Waals surface area contributed by atoms with E-state index in [0.29, 0.717) is 12.2 Å². The number of carboxylic acids is 1. The molecule has 0 saturated heterocycles. The topological polar surface area (TPSA) is 71.3 Å². The lowest BCUT2D eigenvalue weighted by Crippen LogP contribution is -2.43. The molecule has 116 valence electrons. The predicted molar refractivity (Wildman–Crippen MR) is 83.4 cm³/mol. The first-order chi connectivity index (χ1) is 9.83. The third-order valence-corrected chi connectivity index (χ3v) is 4.60. The molecule has 2 rings (SSSR count). The van der Waals surface area contributed by atoms with Crippen LogP contribution >= 0.6 is 15.9 Å². The standard InChI is InChI=1S/C15H21BrN2O3/c1-10(2)18-8-11(16)6-12(18)14(21)17-9-15(4-3-5-15)7-13(19)20/h6,8,10H,3-5,7,9H2,1-2H3,(H,17,21)(H,19,20). The Morgan fingerprint density at radius 1 is 1.48 bits per heavy atom. The molecule has 0 aliphatic heterocycles. The van der Waals surface area contributed by atoms with Gasteiger partial charge in [0.25, 0.3) is 5.91 Å². The Morgan fingerprint density at radius 2 is 2.14 bits per heavy atom. The van der Waals surface area contributed by atoms with E-state index < -0.39 is 5.97 Å². The molecule has 0 bridgehead atoms. The molecule has 0 unspecified atom stereocenters. The molecule has 1 saturated carbocycles. The normalized spacial score (nSPS) is 16.6. The van der Waals surface area contributed by atoms with Crippen LogP contribution in [-0.2, 0) is 4.79 Å². The molecule has 2 N–H and O–H groups in total. The maximum Gasteiger partial charge on any atom is 0.303 e. The van der Waals surface area contributed by atoms with Crippen molar-refractivity contribution in [1.82, 2.24) is 9.88 Å². The first kappa shape index (κ1) is 16.1. The Bertz CT molecular complexity index is 547. The fraction of sp³-hybridized carbons (Fsp3) is 0.600. The second-order valence-corrected chi connectivity index (χ2v) is 7.07. The summed E-state index contributed by atoms with van der Waals surface area (Å²) in [6.45, 7) is 4.46. The molecule has 1 aromatic heterocycles. The van der Waals surface area contributed by atoms with Crippen LogP contribution in [0.15, 0.2) is 16.7 Å². The number of aliphatic carboxylic acids is 1. The van der Waals surface area contributed by atoms with Gasteiger partial charge in [0, 0.05) is 23.3 Å². The van der Waals surface area contributed by atoms with Gasteiger partial charge in [-0.2, -0.15) is 0 Å². The summed E-state index contributed by atoms with van der Waals surface area (Å²) in [5.74, 6) is -0.941. The van der Waals surface area contributed by atoms with E-state index in [0.717, 1.165) is 23.7 Å². The molecule has 0 atom stereocenters. The summed E-state index contributed by atoms with van der Waals surface area (Å²) in [6.07, 6.45) is 4.79. The predicted octanol–water partition coefficient (Wildman–Crippen LogP) is 3.21. The van der Waals surface area contributed by atoms with E-state index in [9.17, 15) is 9.59 Å². The number of nitrogens with one attached hydrogen (secondary N) is 1. The quantitative estimate of drug-likeness (QED) is 0.821. The van der Waals surface area contributed by atoms with Crippen molar-refractivity contribution < 1.29 is 14.7 Å². The smallest absolute Gasteiger partial charge is 0.303 e. The van der Waals surface area contributed by atoms with Gasteiger partial charge in [-0.1, -0.05) is 6.42 Å². The van der Waals surface area contributed by atoms with Crippen molar-refractivity contribution in [2.45, 2.75) is 45.6 Å². The molecular weight excluding hydrogens is 336 g/mol. The summed E-state index contributed by atoms with van der Waals surface area (Å²) in [6, 6.07) is 1.98. The zero-order chi connectivity index (χ0) is 15.6. The van der Waals surface area contributed by atoms with Crippen LogP contribution in [0.4, 0.5) is 0 Å². The van der Waals surface area contributed by atoms with Crippen molar-refractivity contribution in [1.29, 1.82) is 0 Å². The minimum atomic E-state index is -0.794.